The molecule has 0 aromatic heterocycles. The third kappa shape index (κ3) is 4.10. The van der Waals surface area contributed by atoms with Gasteiger partial charge in [0.1, 0.15) is 0 Å². The van der Waals surface area contributed by atoms with Crippen molar-refractivity contribution < 1.29 is 0 Å². The molecule has 0 aromatic carbocycles. The molecule has 0 bridgehead atoms. The summed E-state index contributed by atoms with van der Waals surface area (Å²) >= 11 is 0. The Bertz CT molecular complexity index is 501. The van der Waals surface area contributed by atoms with Gasteiger partial charge in [0.05, 0.1) is 0 Å². The third-order valence-electron chi connectivity index (χ3n) is 8.19. The Labute approximate surface area is 168 Å². The molecular formula is C23H44N4. The number of hydrogen-bond donors (Lipinski definition) is 0. The zero-order valence-corrected chi connectivity index (χ0v) is 18.9. The molecule has 0 atom stereocenters. The molecule has 4 heterocycles. The average molecular weight is 377 g/mol. The summed E-state index contributed by atoms with van der Waals surface area (Å²) in [5, 5.41) is 0. The molecule has 156 valence electrons. The predicted molar refractivity (Wildman–Crippen MR) is 114 cm³/mol. The molecule has 4 rings (SSSR count). The van der Waals surface area contributed by atoms with E-state index in [9.17, 15) is 0 Å². The largest absolute Gasteiger partial charge is 0.299 e. The predicted octanol–water partition coefficient (Wildman–Crippen LogP) is 3.13. The van der Waals surface area contributed by atoms with Crippen LogP contribution in [0.5, 0.6) is 0 Å². The summed E-state index contributed by atoms with van der Waals surface area (Å²) in [6, 6.07) is 1.70. The van der Waals surface area contributed by atoms with Gasteiger partial charge in [-0.05, 0) is 85.7 Å². The zero-order valence-electron chi connectivity index (χ0n) is 18.9. The molecule has 0 radical (unpaired) electrons. The molecule has 4 heteroatoms. The van der Waals surface area contributed by atoms with Crippen molar-refractivity contribution in [2.24, 2.45) is 5.41 Å². The van der Waals surface area contributed by atoms with E-state index < -0.39 is 0 Å². The maximum atomic E-state index is 2.84. The van der Waals surface area contributed by atoms with Gasteiger partial charge in [-0.2, -0.15) is 0 Å². The van der Waals surface area contributed by atoms with Crippen LogP contribution in [0.15, 0.2) is 0 Å². The number of rotatable bonds is 2. The fourth-order valence-corrected chi connectivity index (χ4v) is 5.89. The molecule has 0 unspecified atom stereocenters. The van der Waals surface area contributed by atoms with E-state index in [1.165, 1.54) is 78.0 Å². The van der Waals surface area contributed by atoms with Crippen molar-refractivity contribution in [1.29, 1.82) is 0 Å². The van der Waals surface area contributed by atoms with Crippen LogP contribution < -0.4 is 0 Å². The number of likely N-dealkylation sites (tertiary alicyclic amines) is 4. The summed E-state index contributed by atoms with van der Waals surface area (Å²) in [4.78, 5) is 11.0. The monoisotopic (exact) mass is 376 g/mol. The molecule has 0 N–H and O–H groups in total. The Balaban J connectivity index is 1.17. The van der Waals surface area contributed by atoms with E-state index >= 15 is 0 Å². The number of hydrogen-bond acceptors (Lipinski definition) is 4. The fourth-order valence-electron chi connectivity index (χ4n) is 5.89. The van der Waals surface area contributed by atoms with Crippen LogP contribution in [0.1, 0.15) is 67.2 Å². The van der Waals surface area contributed by atoms with E-state index in [0.29, 0.717) is 16.5 Å². The van der Waals surface area contributed by atoms with E-state index in [2.05, 4.69) is 61.1 Å². The Morgan fingerprint density at radius 1 is 0.630 bits per heavy atom. The van der Waals surface area contributed by atoms with E-state index in [1.807, 2.05) is 0 Å². The SMILES string of the molecule is CC(C)(C)N1CCC2(CC1)CN(C1CCN(C3CN(C(C)(C)C)C3)CC1)C2. The molecule has 0 aromatic rings. The first-order chi connectivity index (χ1) is 12.6. The summed E-state index contributed by atoms with van der Waals surface area (Å²) in [5.74, 6) is 0. The topological polar surface area (TPSA) is 13.0 Å². The van der Waals surface area contributed by atoms with Crippen molar-refractivity contribution in [3.63, 3.8) is 0 Å². The van der Waals surface area contributed by atoms with Gasteiger partial charge < -0.3 is 0 Å². The van der Waals surface area contributed by atoms with Crippen molar-refractivity contribution in [3.8, 4) is 0 Å². The summed E-state index contributed by atoms with van der Waals surface area (Å²) in [6.07, 6.45) is 5.64. The molecule has 4 saturated heterocycles. The average Bonchev–Trinajstić information content (AvgIpc) is 2.50. The standard InChI is InChI=1S/C23H44N4/c1-21(2,3)26-13-9-23(10-14-26)17-25(18-23)19-7-11-24(12-8-19)20-15-27(16-20)22(4,5)6/h19-20H,7-18H2,1-6H3. The van der Waals surface area contributed by atoms with E-state index in [4.69, 9.17) is 0 Å². The van der Waals surface area contributed by atoms with E-state index in [1.54, 1.807) is 0 Å². The summed E-state index contributed by atoms with van der Waals surface area (Å²) < 4.78 is 0. The lowest BCUT2D eigenvalue weighted by Crippen LogP contribution is -2.67. The second-order valence-electron chi connectivity index (χ2n) is 12.1. The Hall–Kier alpha value is -0.160. The maximum Gasteiger partial charge on any atom is 0.0350 e. The van der Waals surface area contributed by atoms with Crippen LogP contribution in [0.25, 0.3) is 0 Å². The van der Waals surface area contributed by atoms with E-state index in [-0.39, 0.29) is 0 Å². The molecule has 0 saturated carbocycles. The van der Waals surface area contributed by atoms with E-state index in [0.717, 1.165) is 12.1 Å². The van der Waals surface area contributed by atoms with Crippen LogP contribution in [0.4, 0.5) is 0 Å². The minimum Gasteiger partial charge on any atom is -0.299 e. The Morgan fingerprint density at radius 2 is 1.15 bits per heavy atom. The van der Waals surface area contributed by atoms with Gasteiger partial charge in [-0.1, -0.05) is 0 Å². The maximum absolute atomic E-state index is 2.84. The molecule has 4 aliphatic heterocycles. The highest BCUT2D eigenvalue weighted by Crippen LogP contribution is 2.43. The lowest BCUT2D eigenvalue weighted by atomic mass is 9.70. The number of piperidine rings is 2. The highest BCUT2D eigenvalue weighted by atomic mass is 15.4. The molecule has 4 aliphatic rings. The van der Waals surface area contributed by atoms with Crippen LogP contribution in [-0.4, -0.2) is 95.1 Å². The lowest BCUT2D eigenvalue weighted by molar-refractivity contribution is -0.0976. The molecule has 0 amide bonds. The lowest BCUT2D eigenvalue weighted by Gasteiger charge is -2.59. The van der Waals surface area contributed by atoms with Gasteiger partial charge in [0.15, 0.2) is 0 Å². The van der Waals surface area contributed by atoms with Gasteiger partial charge in [0, 0.05) is 62.4 Å². The fraction of sp³-hybridized carbons (Fsp3) is 1.00. The molecule has 4 nitrogen and oxygen atoms in total. The van der Waals surface area contributed by atoms with Gasteiger partial charge >= 0.3 is 0 Å². The first-order valence-electron chi connectivity index (χ1n) is 11.5. The normalized spacial score (nSPS) is 30.4. The molecule has 27 heavy (non-hydrogen) atoms. The Kier molecular flexibility index (Phi) is 5.19. The number of nitrogens with zero attached hydrogens (tertiary/aromatic N) is 4. The van der Waals surface area contributed by atoms with Crippen LogP contribution in [0.2, 0.25) is 0 Å². The minimum absolute atomic E-state index is 0.349. The van der Waals surface area contributed by atoms with Crippen LogP contribution >= 0.6 is 0 Å². The van der Waals surface area contributed by atoms with Gasteiger partial charge in [0.2, 0.25) is 0 Å². The molecular weight excluding hydrogens is 332 g/mol. The van der Waals surface area contributed by atoms with Crippen molar-refractivity contribution in [2.75, 3.05) is 52.4 Å². The first kappa shape index (κ1) is 20.1. The second-order valence-corrected chi connectivity index (χ2v) is 12.1. The molecule has 1 spiro atoms. The van der Waals surface area contributed by atoms with Gasteiger partial charge in [-0.3, -0.25) is 19.6 Å². The zero-order chi connectivity index (χ0) is 19.4. The summed E-state index contributed by atoms with van der Waals surface area (Å²) in [7, 11) is 0. The first-order valence-corrected chi connectivity index (χ1v) is 11.5. The highest BCUT2D eigenvalue weighted by molar-refractivity contribution is 5.03. The summed E-state index contributed by atoms with van der Waals surface area (Å²) in [6.45, 7) is 24.8. The van der Waals surface area contributed by atoms with Crippen LogP contribution in [0, 0.1) is 5.41 Å². The molecule has 0 aliphatic carbocycles. The van der Waals surface area contributed by atoms with Crippen molar-refractivity contribution in [3.05, 3.63) is 0 Å². The third-order valence-corrected chi connectivity index (χ3v) is 8.19. The van der Waals surface area contributed by atoms with Gasteiger partial charge in [0.25, 0.3) is 0 Å². The van der Waals surface area contributed by atoms with Crippen LogP contribution in [0.3, 0.4) is 0 Å². The smallest absolute Gasteiger partial charge is 0.0350 e. The van der Waals surface area contributed by atoms with Crippen molar-refractivity contribution >= 4 is 0 Å². The minimum atomic E-state index is 0.349. The van der Waals surface area contributed by atoms with Crippen molar-refractivity contribution in [1.82, 2.24) is 19.6 Å². The van der Waals surface area contributed by atoms with Crippen LogP contribution in [-0.2, 0) is 0 Å². The molecule has 4 fully saturated rings. The van der Waals surface area contributed by atoms with Crippen molar-refractivity contribution in [2.45, 2.75) is 90.4 Å². The quantitative estimate of drug-likeness (QED) is 0.734. The Morgan fingerprint density at radius 3 is 1.63 bits per heavy atom. The highest BCUT2D eigenvalue weighted by Gasteiger charge is 2.48. The van der Waals surface area contributed by atoms with Gasteiger partial charge in [-0.15, -0.1) is 0 Å². The summed E-state index contributed by atoms with van der Waals surface area (Å²) in [5.41, 5.74) is 1.37. The van der Waals surface area contributed by atoms with Gasteiger partial charge in [-0.25, -0.2) is 0 Å². The second kappa shape index (κ2) is 6.97.